The molecular formula is C8H21N2O4PS2. The maximum Gasteiger partial charge on any atom is 0.343 e. The smallest absolute Gasteiger partial charge is 0.309 e. The highest BCUT2D eigenvalue weighted by Gasteiger charge is 2.38. The third-order valence-corrected chi connectivity index (χ3v) is 9.83. The molecule has 17 heavy (non-hydrogen) atoms. The molecule has 0 amide bonds. The van der Waals surface area contributed by atoms with Crippen LogP contribution in [0.4, 0.5) is 0 Å². The van der Waals surface area contributed by atoms with Crippen molar-refractivity contribution >= 4 is 28.3 Å². The second-order valence-corrected chi connectivity index (χ2v) is 10.5. The van der Waals surface area contributed by atoms with Crippen molar-refractivity contribution in [1.29, 1.82) is 0 Å². The van der Waals surface area contributed by atoms with Crippen LogP contribution in [0.15, 0.2) is 0 Å². The molecule has 0 rings (SSSR count). The standard InChI is InChI=1S/C8H21N2O4PS2/c1-6-8-16-15(11,14-7-2)10(5)17(12,13)9(3)4/h6-8H2,1-5H3. The Labute approximate surface area is 108 Å². The van der Waals surface area contributed by atoms with Gasteiger partial charge in [-0.05, 0) is 13.3 Å². The molecule has 0 aromatic carbocycles. The van der Waals surface area contributed by atoms with E-state index in [1.165, 1.54) is 21.1 Å². The molecule has 0 bridgehead atoms. The van der Waals surface area contributed by atoms with Crippen molar-refractivity contribution in [3.05, 3.63) is 0 Å². The van der Waals surface area contributed by atoms with Gasteiger partial charge in [0.15, 0.2) is 0 Å². The number of hydrogen-bond donors (Lipinski definition) is 0. The molecule has 6 nitrogen and oxygen atoms in total. The first-order valence-electron chi connectivity index (χ1n) is 5.28. The Kier molecular flexibility index (Phi) is 7.28. The van der Waals surface area contributed by atoms with E-state index in [9.17, 15) is 13.0 Å². The molecule has 0 fully saturated rings. The highest BCUT2D eigenvalue weighted by atomic mass is 32.7. The topological polar surface area (TPSA) is 66.9 Å². The van der Waals surface area contributed by atoms with Gasteiger partial charge in [0.2, 0.25) is 0 Å². The minimum absolute atomic E-state index is 0.210. The van der Waals surface area contributed by atoms with E-state index in [2.05, 4.69) is 0 Å². The first-order valence-corrected chi connectivity index (χ1v) is 9.84. The van der Waals surface area contributed by atoms with Crippen LogP contribution in [0.25, 0.3) is 0 Å². The summed E-state index contributed by atoms with van der Waals surface area (Å²) < 4.78 is 43.3. The van der Waals surface area contributed by atoms with Crippen molar-refractivity contribution in [3.63, 3.8) is 0 Å². The normalized spacial score (nSPS) is 16.4. The van der Waals surface area contributed by atoms with Crippen LogP contribution >= 0.6 is 18.1 Å². The molecule has 0 saturated heterocycles. The number of hydrogen-bond acceptors (Lipinski definition) is 5. The van der Waals surface area contributed by atoms with Gasteiger partial charge in [0.05, 0.1) is 6.61 Å². The monoisotopic (exact) mass is 304 g/mol. The fraction of sp³-hybridized carbons (Fsp3) is 1.00. The van der Waals surface area contributed by atoms with E-state index in [0.29, 0.717) is 5.75 Å². The van der Waals surface area contributed by atoms with E-state index in [1.807, 2.05) is 6.92 Å². The first kappa shape index (κ1) is 17.4. The van der Waals surface area contributed by atoms with Crippen LogP contribution in [0, 0.1) is 0 Å². The number of nitrogens with zero attached hydrogens (tertiary/aromatic N) is 2. The van der Waals surface area contributed by atoms with Crippen molar-refractivity contribution in [2.75, 3.05) is 33.5 Å². The van der Waals surface area contributed by atoms with Gasteiger partial charge in [-0.25, -0.2) is 0 Å². The fourth-order valence-corrected chi connectivity index (χ4v) is 7.58. The summed E-state index contributed by atoms with van der Waals surface area (Å²) in [6.45, 7) is 0.452. The summed E-state index contributed by atoms with van der Waals surface area (Å²) in [4.78, 5) is 0. The van der Waals surface area contributed by atoms with E-state index in [-0.39, 0.29) is 6.61 Å². The van der Waals surface area contributed by atoms with E-state index >= 15 is 0 Å². The van der Waals surface area contributed by atoms with Gasteiger partial charge < -0.3 is 4.52 Å². The zero-order valence-corrected chi connectivity index (χ0v) is 13.4. The summed E-state index contributed by atoms with van der Waals surface area (Å²) >= 11 is 1.05. The lowest BCUT2D eigenvalue weighted by Crippen LogP contribution is -2.35. The summed E-state index contributed by atoms with van der Waals surface area (Å²) in [6.07, 6.45) is 0.803. The molecule has 0 aliphatic rings. The lowest BCUT2D eigenvalue weighted by molar-refractivity contribution is 0.321. The molecule has 0 N–H and O–H groups in total. The predicted octanol–water partition coefficient (Wildman–Crippen LogP) is 2.01. The van der Waals surface area contributed by atoms with E-state index in [1.54, 1.807) is 6.92 Å². The molecule has 0 heterocycles. The minimum Gasteiger partial charge on any atom is -0.309 e. The third kappa shape index (κ3) is 4.54. The third-order valence-electron chi connectivity index (χ3n) is 1.89. The van der Waals surface area contributed by atoms with Gasteiger partial charge in [0, 0.05) is 26.9 Å². The van der Waals surface area contributed by atoms with Crippen LogP contribution in [-0.4, -0.2) is 50.3 Å². The lowest BCUT2D eigenvalue weighted by Gasteiger charge is -2.28. The molecule has 0 aromatic heterocycles. The van der Waals surface area contributed by atoms with Gasteiger partial charge in [-0.3, -0.25) is 4.57 Å². The van der Waals surface area contributed by atoms with Crippen LogP contribution in [0.1, 0.15) is 20.3 Å². The van der Waals surface area contributed by atoms with Gasteiger partial charge >= 0.3 is 6.72 Å². The van der Waals surface area contributed by atoms with Crippen LogP contribution < -0.4 is 0 Å². The van der Waals surface area contributed by atoms with Crippen molar-refractivity contribution in [1.82, 2.24) is 8.38 Å². The second kappa shape index (κ2) is 7.11. The zero-order chi connectivity index (χ0) is 13.7. The molecule has 0 aliphatic carbocycles. The van der Waals surface area contributed by atoms with Crippen molar-refractivity contribution < 1.29 is 17.5 Å². The van der Waals surface area contributed by atoms with Gasteiger partial charge in [0.25, 0.3) is 10.2 Å². The Balaban J connectivity index is 5.13. The molecule has 0 aliphatic heterocycles. The molecule has 1 unspecified atom stereocenters. The Morgan fingerprint density at radius 2 is 1.76 bits per heavy atom. The van der Waals surface area contributed by atoms with E-state index in [4.69, 9.17) is 4.52 Å². The largest absolute Gasteiger partial charge is 0.343 e. The predicted molar refractivity (Wildman–Crippen MR) is 72.4 cm³/mol. The molecule has 9 heteroatoms. The summed E-state index contributed by atoms with van der Waals surface area (Å²) in [6, 6.07) is 0. The average Bonchev–Trinajstić information content (AvgIpc) is 2.25. The summed E-state index contributed by atoms with van der Waals surface area (Å²) in [7, 11) is 0.348. The van der Waals surface area contributed by atoms with Gasteiger partial charge in [-0.1, -0.05) is 18.3 Å². The Morgan fingerprint density at radius 3 is 2.12 bits per heavy atom. The highest BCUT2D eigenvalue weighted by molar-refractivity contribution is 8.56. The summed E-state index contributed by atoms with van der Waals surface area (Å²) in [5.41, 5.74) is 0. The van der Waals surface area contributed by atoms with Crippen LogP contribution in [-0.2, 0) is 19.3 Å². The lowest BCUT2D eigenvalue weighted by atomic mass is 10.6. The molecule has 0 radical (unpaired) electrons. The molecule has 104 valence electrons. The fourth-order valence-electron chi connectivity index (χ4n) is 0.932. The van der Waals surface area contributed by atoms with Crippen LogP contribution in [0.2, 0.25) is 0 Å². The van der Waals surface area contributed by atoms with Gasteiger partial charge in [0.1, 0.15) is 0 Å². The average molecular weight is 304 g/mol. The summed E-state index contributed by atoms with van der Waals surface area (Å²) in [5, 5.41) is 0. The van der Waals surface area contributed by atoms with Crippen LogP contribution in [0.5, 0.6) is 0 Å². The van der Waals surface area contributed by atoms with Gasteiger partial charge in [-0.15, -0.1) is 4.08 Å². The molecule has 0 spiro atoms. The van der Waals surface area contributed by atoms with Crippen molar-refractivity contribution in [3.8, 4) is 0 Å². The second-order valence-electron chi connectivity index (χ2n) is 3.44. The molecular weight excluding hydrogens is 283 g/mol. The first-order chi connectivity index (χ1) is 7.72. The Morgan fingerprint density at radius 1 is 1.24 bits per heavy atom. The molecule has 1 atom stereocenters. The minimum atomic E-state index is -3.73. The quantitative estimate of drug-likeness (QED) is 0.642. The van der Waals surface area contributed by atoms with Crippen LogP contribution in [0.3, 0.4) is 0 Å². The van der Waals surface area contributed by atoms with Gasteiger partial charge in [-0.2, -0.15) is 12.7 Å². The van der Waals surface area contributed by atoms with E-state index < -0.39 is 16.9 Å². The van der Waals surface area contributed by atoms with Crippen molar-refractivity contribution in [2.45, 2.75) is 20.3 Å². The Bertz CT molecular complexity index is 372. The Hall–Kier alpha value is 0.410. The molecule has 0 aromatic rings. The maximum absolute atomic E-state index is 12.5. The van der Waals surface area contributed by atoms with E-state index in [0.717, 1.165) is 26.2 Å². The SMILES string of the molecule is CCCSP(=O)(OCC)N(C)S(=O)(=O)N(C)C. The summed E-state index contributed by atoms with van der Waals surface area (Å²) in [5.74, 6) is 0.588. The molecule has 0 saturated carbocycles. The number of rotatable bonds is 8. The highest BCUT2D eigenvalue weighted by Crippen LogP contribution is 2.63. The maximum atomic E-state index is 12.5. The zero-order valence-electron chi connectivity index (χ0n) is 10.9. The van der Waals surface area contributed by atoms with Crippen molar-refractivity contribution in [2.24, 2.45) is 0 Å².